The number of nitro groups is 1. The second-order valence-electron chi connectivity index (χ2n) is 5.08. The maximum absolute atomic E-state index is 10.8. The molecule has 3 rings (SSSR count). The summed E-state index contributed by atoms with van der Waals surface area (Å²) in [5.74, 6) is 0. The molecule has 7 heteroatoms. The lowest BCUT2D eigenvalue weighted by Gasteiger charge is -2.20. The zero-order valence-corrected chi connectivity index (χ0v) is 12.0. The van der Waals surface area contributed by atoms with Crippen molar-refractivity contribution in [3.63, 3.8) is 0 Å². The van der Waals surface area contributed by atoms with E-state index < -0.39 is 0 Å². The van der Waals surface area contributed by atoms with Gasteiger partial charge < -0.3 is 10.2 Å². The molecule has 1 aromatic carbocycles. The van der Waals surface area contributed by atoms with Crippen LogP contribution in [0.15, 0.2) is 18.2 Å². The van der Waals surface area contributed by atoms with Crippen molar-refractivity contribution in [2.24, 2.45) is 0 Å². The summed E-state index contributed by atoms with van der Waals surface area (Å²) >= 11 is 1.57. The molecule has 20 heavy (non-hydrogen) atoms. The number of rotatable bonds is 4. The van der Waals surface area contributed by atoms with E-state index in [4.69, 9.17) is 0 Å². The molecule has 6 nitrogen and oxygen atoms in total. The van der Waals surface area contributed by atoms with E-state index in [9.17, 15) is 10.1 Å². The fourth-order valence-corrected chi connectivity index (χ4v) is 3.42. The zero-order valence-electron chi connectivity index (χ0n) is 11.2. The average Bonchev–Trinajstić information content (AvgIpc) is 3.05. The van der Waals surface area contributed by atoms with Gasteiger partial charge in [0.05, 0.1) is 15.1 Å². The van der Waals surface area contributed by atoms with E-state index in [1.807, 2.05) is 7.05 Å². The van der Waals surface area contributed by atoms with Crippen LogP contribution in [0.2, 0.25) is 0 Å². The van der Waals surface area contributed by atoms with Gasteiger partial charge in [0.15, 0.2) is 5.13 Å². The number of nitrogens with one attached hydrogen (secondary N) is 1. The molecule has 0 aliphatic carbocycles. The Balaban J connectivity index is 1.82. The third-order valence-corrected chi connectivity index (χ3v) is 4.70. The van der Waals surface area contributed by atoms with Gasteiger partial charge in [0, 0.05) is 31.8 Å². The number of aromatic nitrogens is 1. The number of thiazole rings is 1. The Kier molecular flexibility index (Phi) is 3.54. The van der Waals surface area contributed by atoms with Crippen molar-refractivity contribution in [3.8, 4) is 0 Å². The second-order valence-corrected chi connectivity index (χ2v) is 6.09. The number of hydrogen-bond acceptors (Lipinski definition) is 6. The number of benzene rings is 1. The smallest absolute Gasteiger partial charge is 0.271 e. The third kappa shape index (κ3) is 2.59. The predicted octanol–water partition coefficient (Wildman–Crippen LogP) is 2.39. The average molecular weight is 292 g/mol. The monoisotopic (exact) mass is 292 g/mol. The molecule has 0 unspecified atom stereocenters. The molecule has 1 aliphatic heterocycles. The summed E-state index contributed by atoms with van der Waals surface area (Å²) in [5, 5.41) is 15.2. The minimum Gasteiger partial charge on any atom is -0.350 e. The van der Waals surface area contributed by atoms with Gasteiger partial charge in [-0.25, -0.2) is 4.98 Å². The van der Waals surface area contributed by atoms with Crippen LogP contribution in [0.5, 0.6) is 0 Å². The largest absolute Gasteiger partial charge is 0.350 e. The molecule has 2 heterocycles. The highest BCUT2D eigenvalue weighted by atomic mass is 32.1. The molecule has 0 bridgehead atoms. The van der Waals surface area contributed by atoms with Crippen LogP contribution in [0, 0.1) is 10.1 Å². The molecule has 0 amide bonds. The van der Waals surface area contributed by atoms with Crippen LogP contribution in [0.25, 0.3) is 10.2 Å². The third-order valence-electron chi connectivity index (χ3n) is 3.55. The number of nitrogens with zero attached hydrogens (tertiary/aromatic N) is 3. The summed E-state index contributed by atoms with van der Waals surface area (Å²) in [7, 11) is 2.02. The van der Waals surface area contributed by atoms with Crippen LogP contribution >= 0.6 is 11.3 Å². The lowest BCUT2D eigenvalue weighted by atomic mass is 10.2. The van der Waals surface area contributed by atoms with E-state index in [1.165, 1.54) is 25.0 Å². The maximum atomic E-state index is 10.8. The highest BCUT2D eigenvalue weighted by Gasteiger charge is 2.18. The van der Waals surface area contributed by atoms with Crippen LogP contribution in [-0.4, -0.2) is 36.1 Å². The summed E-state index contributed by atoms with van der Waals surface area (Å²) < 4.78 is 0.983. The van der Waals surface area contributed by atoms with Gasteiger partial charge in [0.25, 0.3) is 5.69 Å². The number of hydrogen-bond donors (Lipinski definition) is 1. The van der Waals surface area contributed by atoms with Gasteiger partial charge in [-0.15, -0.1) is 0 Å². The van der Waals surface area contributed by atoms with Crippen molar-refractivity contribution in [2.75, 3.05) is 25.0 Å². The van der Waals surface area contributed by atoms with Crippen molar-refractivity contribution in [2.45, 2.75) is 18.9 Å². The van der Waals surface area contributed by atoms with Crippen LogP contribution in [0.3, 0.4) is 0 Å². The second kappa shape index (κ2) is 5.34. The molecular weight excluding hydrogens is 276 g/mol. The lowest BCUT2D eigenvalue weighted by molar-refractivity contribution is -0.384. The van der Waals surface area contributed by atoms with Gasteiger partial charge >= 0.3 is 0 Å². The van der Waals surface area contributed by atoms with Crippen molar-refractivity contribution in [1.29, 1.82) is 0 Å². The summed E-state index contributed by atoms with van der Waals surface area (Å²) in [6.45, 7) is 2.01. The first-order chi connectivity index (χ1) is 9.63. The van der Waals surface area contributed by atoms with Gasteiger partial charge in [-0.3, -0.25) is 10.1 Å². The van der Waals surface area contributed by atoms with E-state index >= 15 is 0 Å². The molecule has 0 saturated carbocycles. The molecule has 1 aromatic heterocycles. The van der Waals surface area contributed by atoms with E-state index in [0.717, 1.165) is 22.9 Å². The number of fused-ring (bicyclic) bond motifs is 1. The molecule has 1 atom stereocenters. The number of non-ortho nitro benzene ring substituents is 1. The normalized spacial score (nSPS) is 18.6. The SMILES string of the molecule is CN(C[C@@H]1CCCN1)c1nc2cc([N+](=O)[O-])ccc2s1. The van der Waals surface area contributed by atoms with Crippen molar-refractivity contribution >= 4 is 32.4 Å². The maximum Gasteiger partial charge on any atom is 0.271 e. The lowest BCUT2D eigenvalue weighted by Crippen LogP contribution is -2.35. The Labute approximate surface area is 120 Å². The fraction of sp³-hybridized carbons (Fsp3) is 0.462. The molecule has 1 saturated heterocycles. The molecule has 0 spiro atoms. The van der Waals surface area contributed by atoms with Gasteiger partial charge in [0.1, 0.15) is 0 Å². The highest BCUT2D eigenvalue weighted by Crippen LogP contribution is 2.30. The van der Waals surface area contributed by atoms with Crippen molar-refractivity contribution < 1.29 is 4.92 Å². The first-order valence-corrected chi connectivity index (χ1v) is 7.44. The van der Waals surface area contributed by atoms with Gasteiger partial charge in [-0.05, 0) is 25.5 Å². The predicted molar refractivity (Wildman–Crippen MR) is 80.6 cm³/mol. The molecule has 1 fully saturated rings. The molecule has 2 aromatic rings. The first-order valence-electron chi connectivity index (χ1n) is 6.63. The van der Waals surface area contributed by atoms with Crippen LogP contribution in [-0.2, 0) is 0 Å². The number of nitro benzene ring substituents is 1. The van der Waals surface area contributed by atoms with E-state index in [-0.39, 0.29) is 10.6 Å². The van der Waals surface area contributed by atoms with Crippen LogP contribution < -0.4 is 10.2 Å². The number of anilines is 1. The summed E-state index contributed by atoms with van der Waals surface area (Å²) in [4.78, 5) is 17.0. The standard InChI is InChI=1S/C13H16N4O2S/c1-16(8-9-3-2-6-14-9)13-15-11-7-10(17(18)19)4-5-12(11)20-13/h4-5,7,9,14H,2-3,6,8H2,1H3/t9-/m0/s1. The van der Waals surface area contributed by atoms with Crippen LogP contribution in [0.4, 0.5) is 10.8 Å². The Morgan fingerprint density at radius 2 is 2.45 bits per heavy atom. The van der Waals surface area contributed by atoms with Gasteiger partial charge in [0.2, 0.25) is 0 Å². The minimum absolute atomic E-state index is 0.0921. The molecule has 1 N–H and O–H groups in total. The topological polar surface area (TPSA) is 71.3 Å². The van der Waals surface area contributed by atoms with Crippen molar-refractivity contribution in [3.05, 3.63) is 28.3 Å². The number of likely N-dealkylation sites (N-methyl/N-ethyl adjacent to an activating group) is 1. The summed E-state index contributed by atoms with van der Waals surface area (Å²) in [6.07, 6.45) is 2.42. The summed E-state index contributed by atoms with van der Waals surface area (Å²) in [5.41, 5.74) is 0.792. The quantitative estimate of drug-likeness (QED) is 0.692. The first kappa shape index (κ1) is 13.3. The Morgan fingerprint density at radius 3 is 3.15 bits per heavy atom. The molecule has 106 valence electrons. The Bertz CT molecular complexity index is 636. The van der Waals surface area contributed by atoms with E-state index in [1.54, 1.807) is 17.4 Å². The molecular formula is C13H16N4O2S. The summed E-state index contributed by atoms with van der Waals surface area (Å²) in [6, 6.07) is 5.36. The van der Waals surface area contributed by atoms with E-state index in [2.05, 4.69) is 15.2 Å². The van der Waals surface area contributed by atoms with Gasteiger partial charge in [-0.1, -0.05) is 11.3 Å². The van der Waals surface area contributed by atoms with E-state index in [0.29, 0.717) is 11.6 Å². The highest BCUT2D eigenvalue weighted by molar-refractivity contribution is 7.22. The van der Waals surface area contributed by atoms with Crippen molar-refractivity contribution in [1.82, 2.24) is 10.3 Å². The Hall–Kier alpha value is -1.73. The molecule has 0 radical (unpaired) electrons. The zero-order chi connectivity index (χ0) is 14.1. The fourth-order valence-electron chi connectivity index (χ4n) is 2.50. The minimum atomic E-state index is -0.384. The van der Waals surface area contributed by atoms with Gasteiger partial charge in [-0.2, -0.15) is 0 Å². The molecule has 1 aliphatic rings. The Morgan fingerprint density at radius 1 is 1.60 bits per heavy atom. The van der Waals surface area contributed by atoms with Crippen LogP contribution in [0.1, 0.15) is 12.8 Å².